The molecule has 19 heavy (non-hydrogen) atoms. The predicted molar refractivity (Wildman–Crippen MR) is 71.5 cm³/mol. The van der Waals surface area contributed by atoms with Crippen LogP contribution in [0, 0.1) is 6.92 Å². The van der Waals surface area contributed by atoms with Gasteiger partial charge in [-0.15, -0.1) is 10.2 Å². The zero-order valence-corrected chi connectivity index (χ0v) is 11.6. The van der Waals surface area contributed by atoms with Gasteiger partial charge in [0.05, 0.1) is 0 Å². The molecular formula is C13H14N3O2S-. The average molecular weight is 276 g/mol. The normalized spacial score (nSPS) is 10.6. The van der Waals surface area contributed by atoms with Crippen molar-refractivity contribution in [1.29, 1.82) is 0 Å². The predicted octanol–water partition coefficient (Wildman–Crippen LogP) is 1.02. The Morgan fingerprint density at radius 1 is 1.37 bits per heavy atom. The van der Waals surface area contributed by atoms with E-state index in [0.717, 1.165) is 17.0 Å². The Morgan fingerprint density at radius 3 is 2.79 bits per heavy atom. The fourth-order valence-electron chi connectivity index (χ4n) is 1.72. The number of carbonyl (C=O) groups is 1. The second kappa shape index (κ2) is 5.88. The van der Waals surface area contributed by atoms with Crippen molar-refractivity contribution in [3.63, 3.8) is 0 Å². The number of thioether (sulfide) groups is 1. The maximum absolute atomic E-state index is 10.4. The van der Waals surface area contributed by atoms with Crippen molar-refractivity contribution in [1.82, 2.24) is 14.8 Å². The molecule has 0 bridgehead atoms. The van der Waals surface area contributed by atoms with Crippen LogP contribution in [0.25, 0.3) is 11.4 Å². The van der Waals surface area contributed by atoms with Gasteiger partial charge in [0, 0.05) is 24.3 Å². The number of aliphatic carboxylic acids is 1. The van der Waals surface area contributed by atoms with E-state index in [4.69, 9.17) is 0 Å². The quantitative estimate of drug-likeness (QED) is 0.763. The average Bonchev–Trinajstić information content (AvgIpc) is 2.72. The summed E-state index contributed by atoms with van der Waals surface area (Å²) in [5.74, 6) is 0.171. The van der Waals surface area contributed by atoms with E-state index in [2.05, 4.69) is 10.2 Å². The third kappa shape index (κ3) is 3.14. The largest absolute Gasteiger partial charge is 0.550 e. The fourth-order valence-corrected chi connectivity index (χ4v) is 2.55. The van der Waals surface area contributed by atoms with Gasteiger partial charge in [-0.2, -0.15) is 0 Å². The van der Waals surface area contributed by atoms with E-state index in [1.807, 2.05) is 42.8 Å². The maximum Gasteiger partial charge on any atom is 0.191 e. The highest BCUT2D eigenvalue weighted by molar-refractivity contribution is 7.99. The zero-order valence-electron chi connectivity index (χ0n) is 10.8. The van der Waals surface area contributed by atoms with Crippen molar-refractivity contribution in [2.45, 2.75) is 18.5 Å². The van der Waals surface area contributed by atoms with Crippen LogP contribution in [0.4, 0.5) is 0 Å². The van der Waals surface area contributed by atoms with Crippen LogP contribution < -0.4 is 5.11 Å². The number of carboxylic acids is 1. The van der Waals surface area contributed by atoms with Crippen molar-refractivity contribution in [3.05, 3.63) is 29.8 Å². The number of carbonyl (C=O) groups excluding carboxylic acids is 1. The number of benzene rings is 1. The van der Waals surface area contributed by atoms with Gasteiger partial charge in [-0.05, 0) is 18.9 Å². The van der Waals surface area contributed by atoms with Crippen molar-refractivity contribution in [3.8, 4) is 11.4 Å². The van der Waals surface area contributed by atoms with Gasteiger partial charge in [0.15, 0.2) is 11.0 Å². The molecule has 0 radical (unpaired) electrons. The lowest BCUT2D eigenvalue weighted by Crippen LogP contribution is -2.22. The topological polar surface area (TPSA) is 70.8 Å². The number of aryl methyl sites for hydroxylation is 1. The molecule has 0 aliphatic heterocycles. The molecule has 0 fully saturated rings. The minimum atomic E-state index is -1.05. The molecule has 100 valence electrons. The molecule has 0 unspecified atom stereocenters. The summed E-state index contributed by atoms with van der Waals surface area (Å²) >= 11 is 1.37. The first kappa shape index (κ1) is 13.6. The minimum Gasteiger partial charge on any atom is -0.550 e. The summed E-state index contributed by atoms with van der Waals surface area (Å²) in [7, 11) is 1.88. The first-order valence-electron chi connectivity index (χ1n) is 5.87. The van der Waals surface area contributed by atoms with Gasteiger partial charge in [0.1, 0.15) is 0 Å². The minimum absolute atomic E-state index is 0.0111. The molecule has 1 aromatic carbocycles. The molecule has 0 saturated heterocycles. The summed E-state index contributed by atoms with van der Waals surface area (Å²) in [5, 5.41) is 19.4. The Kier molecular flexibility index (Phi) is 4.21. The van der Waals surface area contributed by atoms with Gasteiger partial charge in [-0.3, -0.25) is 0 Å². The molecule has 0 saturated carbocycles. The molecule has 0 N–H and O–H groups in total. The van der Waals surface area contributed by atoms with E-state index in [1.54, 1.807) is 0 Å². The highest BCUT2D eigenvalue weighted by Crippen LogP contribution is 2.25. The molecule has 5 nitrogen and oxygen atoms in total. The van der Waals surface area contributed by atoms with Crippen LogP contribution in [-0.2, 0) is 11.8 Å². The third-order valence-corrected chi connectivity index (χ3v) is 3.78. The van der Waals surface area contributed by atoms with Crippen LogP contribution in [0.5, 0.6) is 0 Å². The Labute approximate surface area is 115 Å². The van der Waals surface area contributed by atoms with Crippen LogP contribution in [0.1, 0.15) is 12.0 Å². The van der Waals surface area contributed by atoms with Gasteiger partial charge in [-0.25, -0.2) is 0 Å². The second-order valence-electron chi connectivity index (χ2n) is 4.15. The standard InChI is InChI=1S/C13H15N3O2S/c1-9-5-3-4-6-10(9)12-14-15-13(16(12)2)19-8-7-11(17)18/h3-6H,7-8H2,1-2H3,(H,17,18)/p-1. The first-order valence-corrected chi connectivity index (χ1v) is 6.86. The van der Waals surface area contributed by atoms with E-state index in [9.17, 15) is 9.90 Å². The Hall–Kier alpha value is -1.82. The monoisotopic (exact) mass is 276 g/mol. The smallest absolute Gasteiger partial charge is 0.191 e. The Morgan fingerprint density at radius 2 is 2.11 bits per heavy atom. The molecule has 2 aromatic rings. The highest BCUT2D eigenvalue weighted by Gasteiger charge is 2.12. The summed E-state index contributed by atoms with van der Waals surface area (Å²) in [6.45, 7) is 2.02. The lowest BCUT2D eigenvalue weighted by Gasteiger charge is -2.06. The van der Waals surface area contributed by atoms with Crippen LogP contribution in [0.3, 0.4) is 0 Å². The van der Waals surface area contributed by atoms with Crippen LogP contribution in [-0.4, -0.2) is 26.5 Å². The number of aromatic nitrogens is 3. The summed E-state index contributed by atoms with van der Waals surface area (Å²) in [6.07, 6.45) is 0.0111. The summed E-state index contributed by atoms with van der Waals surface area (Å²) in [4.78, 5) is 10.4. The maximum atomic E-state index is 10.4. The van der Waals surface area contributed by atoms with Crippen molar-refractivity contribution in [2.24, 2.45) is 7.05 Å². The molecular weight excluding hydrogens is 262 g/mol. The second-order valence-corrected chi connectivity index (χ2v) is 5.21. The summed E-state index contributed by atoms with van der Waals surface area (Å²) < 4.78 is 1.88. The van der Waals surface area contributed by atoms with Gasteiger partial charge >= 0.3 is 0 Å². The molecule has 0 aliphatic carbocycles. The summed E-state index contributed by atoms with van der Waals surface area (Å²) in [5.41, 5.74) is 2.16. The van der Waals surface area contributed by atoms with Crippen LogP contribution in [0.2, 0.25) is 0 Å². The van der Waals surface area contributed by atoms with E-state index in [1.165, 1.54) is 11.8 Å². The molecule has 0 aliphatic rings. The fraction of sp³-hybridized carbons (Fsp3) is 0.308. The molecule has 0 amide bonds. The van der Waals surface area contributed by atoms with Gasteiger partial charge in [-0.1, -0.05) is 36.0 Å². The molecule has 1 heterocycles. The number of nitrogens with zero attached hydrogens (tertiary/aromatic N) is 3. The van der Waals surface area contributed by atoms with E-state index < -0.39 is 5.97 Å². The molecule has 6 heteroatoms. The Balaban J connectivity index is 2.19. The Bertz CT molecular complexity index is 595. The van der Waals surface area contributed by atoms with E-state index in [0.29, 0.717) is 10.9 Å². The zero-order chi connectivity index (χ0) is 13.8. The van der Waals surface area contributed by atoms with Gasteiger partial charge < -0.3 is 14.5 Å². The van der Waals surface area contributed by atoms with Crippen molar-refractivity contribution in [2.75, 3.05) is 5.75 Å². The van der Waals surface area contributed by atoms with Gasteiger partial charge in [0.2, 0.25) is 0 Å². The lowest BCUT2D eigenvalue weighted by molar-refractivity contribution is -0.305. The van der Waals surface area contributed by atoms with E-state index in [-0.39, 0.29) is 6.42 Å². The number of rotatable bonds is 5. The number of hydrogen-bond acceptors (Lipinski definition) is 5. The van der Waals surface area contributed by atoms with Gasteiger partial charge in [0.25, 0.3) is 0 Å². The van der Waals surface area contributed by atoms with Crippen LogP contribution in [0.15, 0.2) is 29.4 Å². The molecule has 2 rings (SSSR count). The first-order chi connectivity index (χ1) is 9.09. The van der Waals surface area contributed by atoms with Crippen LogP contribution >= 0.6 is 11.8 Å². The summed E-state index contributed by atoms with van der Waals surface area (Å²) in [6, 6.07) is 7.95. The van der Waals surface area contributed by atoms with Crippen molar-refractivity contribution < 1.29 is 9.90 Å². The lowest BCUT2D eigenvalue weighted by atomic mass is 10.1. The third-order valence-electron chi connectivity index (χ3n) is 2.76. The number of hydrogen-bond donors (Lipinski definition) is 0. The van der Waals surface area contributed by atoms with E-state index >= 15 is 0 Å². The molecule has 0 atom stereocenters. The SMILES string of the molecule is Cc1ccccc1-c1nnc(SCCC(=O)[O-])n1C. The van der Waals surface area contributed by atoms with Crippen molar-refractivity contribution >= 4 is 17.7 Å². The molecule has 1 aromatic heterocycles. The number of carboxylic acid groups (broad SMARTS) is 1. The molecule has 0 spiro atoms. The highest BCUT2D eigenvalue weighted by atomic mass is 32.2.